The number of allylic oxidation sites excluding steroid dienone is 3. The summed E-state index contributed by atoms with van der Waals surface area (Å²) in [4.78, 5) is 11.4. The van der Waals surface area contributed by atoms with E-state index in [1.54, 1.807) is 18.2 Å². The molecule has 27 heavy (non-hydrogen) atoms. The van der Waals surface area contributed by atoms with Crippen LogP contribution in [0.3, 0.4) is 0 Å². The molecule has 0 aliphatic heterocycles. The molecule has 0 saturated heterocycles. The third-order valence-corrected chi connectivity index (χ3v) is 5.80. The second kappa shape index (κ2) is 7.12. The summed E-state index contributed by atoms with van der Waals surface area (Å²) in [6.45, 7) is 1.89. The highest BCUT2D eigenvalue weighted by Gasteiger charge is 2.25. The predicted octanol–water partition coefficient (Wildman–Crippen LogP) is 4.15. The zero-order chi connectivity index (χ0) is 19.8. The van der Waals surface area contributed by atoms with Gasteiger partial charge in [0.15, 0.2) is 21.4 Å². The number of aldehydes is 1. The van der Waals surface area contributed by atoms with Gasteiger partial charge in [-0.3, -0.25) is 0 Å². The van der Waals surface area contributed by atoms with E-state index >= 15 is 0 Å². The zero-order valence-corrected chi connectivity index (χ0v) is 16.1. The summed E-state index contributed by atoms with van der Waals surface area (Å²) in [5.74, 6) is -0.349. The minimum atomic E-state index is -3.27. The van der Waals surface area contributed by atoms with Gasteiger partial charge in [-0.05, 0) is 70.7 Å². The van der Waals surface area contributed by atoms with Crippen LogP contribution < -0.4 is 4.74 Å². The van der Waals surface area contributed by atoms with Crippen LogP contribution in [-0.2, 0) is 14.6 Å². The maximum atomic E-state index is 14.3. The fraction of sp³-hybridized carbons (Fsp3) is 0.190. The molecule has 0 spiro atoms. The molecule has 0 N–H and O–H groups in total. The van der Waals surface area contributed by atoms with Gasteiger partial charge in [0.2, 0.25) is 0 Å². The van der Waals surface area contributed by atoms with Crippen molar-refractivity contribution in [2.75, 3.05) is 13.4 Å². The van der Waals surface area contributed by atoms with E-state index in [4.69, 9.17) is 4.74 Å². The molecule has 0 radical (unpaired) electrons. The van der Waals surface area contributed by atoms with Crippen molar-refractivity contribution in [2.45, 2.75) is 18.2 Å². The highest BCUT2D eigenvalue weighted by atomic mass is 32.2. The molecule has 0 aromatic heterocycles. The number of fused-ring (bicyclic) bond motifs is 1. The van der Waals surface area contributed by atoms with Crippen LogP contribution in [0.4, 0.5) is 4.39 Å². The number of carbonyl (C=O) groups is 1. The Hall–Kier alpha value is -2.73. The van der Waals surface area contributed by atoms with Crippen molar-refractivity contribution >= 4 is 33.3 Å². The van der Waals surface area contributed by atoms with Gasteiger partial charge in [0, 0.05) is 12.7 Å². The van der Waals surface area contributed by atoms with Crippen LogP contribution in [0.15, 0.2) is 46.9 Å². The molecule has 0 unspecified atom stereocenters. The number of halogens is 1. The second-order valence-electron chi connectivity index (χ2n) is 6.41. The Bertz CT molecular complexity index is 1080. The van der Waals surface area contributed by atoms with E-state index in [0.717, 1.165) is 40.4 Å². The van der Waals surface area contributed by atoms with Gasteiger partial charge in [0.25, 0.3) is 0 Å². The van der Waals surface area contributed by atoms with E-state index in [9.17, 15) is 17.6 Å². The van der Waals surface area contributed by atoms with Gasteiger partial charge in [-0.2, -0.15) is 0 Å². The molecular weight excluding hydrogens is 367 g/mol. The molecular formula is C21H19FO4S. The molecule has 2 aromatic rings. The van der Waals surface area contributed by atoms with Gasteiger partial charge >= 0.3 is 0 Å². The number of ether oxygens (including phenoxy) is 1. The number of sulfone groups is 1. The Morgan fingerprint density at radius 2 is 1.78 bits per heavy atom. The van der Waals surface area contributed by atoms with Crippen molar-refractivity contribution < 1.29 is 22.3 Å². The van der Waals surface area contributed by atoms with Gasteiger partial charge in [-0.1, -0.05) is 12.1 Å². The number of carbonyl (C=O) groups excluding carboxylic acids is 1. The highest BCUT2D eigenvalue weighted by molar-refractivity contribution is 7.90. The lowest BCUT2D eigenvalue weighted by molar-refractivity contribution is -0.107. The van der Waals surface area contributed by atoms with Gasteiger partial charge < -0.3 is 9.53 Å². The smallest absolute Gasteiger partial charge is 0.175 e. The van der Waals surface area contributed by atoms with E-state index < -0.39 is 15.7 Å². The Labute approximate surface area is 157 Å². The Balaban J connectivity index is 2.14. The van der Waals surface area contributed by atoms with Gasteiger partial charge in [-0.15, -0.1) is 0 Å². The largest absolute Gasteiger partial charge is 0.494 e. The second-order valence-corrected chi connectivity index (χ2v) is 8.42. The fourth-order valence-electron chi connectivity index (χ4n) is 3.26. The maximum Gasteiger partial charge on any atom is 0.175 e. The standard InChI is InChI=1S/C21H19FO4S/c1-13-16(8-9-23)19-12-21(26-2)20(22)11-18(19)17(13)10-14-4-6-15(7-5-14)27(3,24)25/h4-7,9-12H,8H2,1-3H3. The molecule has 2 aromatic carbocycles. The third-order valence-electron chi connectivity index (χ3n) is 4.67. The molecule has 0 heterocycles. The number of methoxy groups -OCH3 is 1. The fourth-order valence-corrected chi connectivity index (χ4v) is 3.89. The third kappa shape index (κ3) is 3.57. The molecule has 0 fully saturated rings. The van der Waals surface area contributed by atoms with Crippen LogP contribution in [0.5, 0.6) is 5.75 Å². The highest BCUT2D eigenvalue weighted by Crippen LogP contribution is 2.45. The quantitative estimate of drug-likeness (QED) is 0.724. The number of hydrogen-bond donors (Lipinski definition) is 0. The summed E-state index contributed by atoms with van der Waals surface area (Å²) >= 11 is 0. The minimum Gasteiger partial charge on any atom is -0.494 e. The van der Waals surface area contributed by atoms with Crippen LogP contribution in [0.2, 0.25) is 0 Å². The van der Waals surface area contributed by atoms with Crippen LogP contribution in [-0.4, -0.2) is 28.1 Å². The van der Waals surface area contributed by atoms with Gasteiger partial charge in [0.05, 0.1) is 12.0 Å². The summed E-state index contributed by atoms with van der Waals surface area (Å²) in [7, 11) is -1.87. The van der Waals surface area contributed by atoms with Crippen molar-refractivity contribution in [1.29, 1.82) is 0 Å². The first-order valence-corrected chi connectivity index (χ1v) is 10.2. The predicted molar refractivity (Wildman–Crippen MR) is 104 cm³/mol. The molecule has 0 amide bonds. The minimum absolute atomic E-state index is 0.128. The normalized spacial score (nSPS) is 15.2. The molecule has 1 aliphatic carbocycles. The number of benzene rings is 2. The maximum absolute atomic E-state index is 14.3. The monoisotopic (exact) mass is 386 g/mol. The summed E-state index contributed by atoms with van der Waals surface area (Å²) < 4.78 is 42.6. The zero-order valence-electron chi connectivity index (χ0n) is 15.2. The van der Waals surface area contributed by atoms with E-state index in [2.05, 4.69) is 0 Å². The lowest BCUT2D eigenvalue weighted by Crippen LogP contribution is -1.96. The van der Waals surface area contributed by atoms with E-state index in [0.29, 0.717) is 5.56 Å². The molecule has 0 saturated carbocycles. The Morgan fingerprint density at radius 1 is 1.11 bits per heavy atom. The first-order valence-electron chi connectivity index (χ1n) is 8.30. The van der Waals surface area contributed by atoms with E-state index in [1.807, 2.05) is 13.0 Å². The lowest BCUT2D eigenvalue weighted by atomic mass is 10.00. The van der Waals surface area contributed by atoms with Crippen LogP contribution >= 0.6 is 0 Å². The summed E-state index contributed by atoms with van der Waals surface area (Å²) in [6, 6.07) is 9.50. The topological polar surface area (TPSA) is 60.4 Å². The number of hydrogen-bond acceptors (Lipinski definition) is 4. The molecule has 4 nitrogen and oxygen atoms in total. The molecule has 140 valence electrons. The summed E-state index contributed by atoms with van der Waals surface area (Å²) in [5, 5.41) is 0. The van der Waals surface area contributed by atoms with Crippen molar-refractivity contribution in [3.05, 3.63) is 64.5 Å². The lowest BCUT2D eigenvalue weighted by Gasteiger charge is -2.08. The summed E-state index contributed by atoms with van der Waals surface area (Å²) in [5.41, 5.74) is 4.77. The average Bonchev–Trinajstić information content (AvgIpc) is 2.86. The van der Waals surface area contributed by atoms with Crippen LogP contribution in [0.1, 0.15) is 30.0 Å². The van der Waals surface area contributed by atoms with Gasteiger partial charge in [-0.25, -0.2) is 12.8 Å². The molecule has 1 aliphatic rings. The molecule has 3 rings (SSSR count). The molecule has 0 atom stereocenters. The Kier molecular flexibility index (Phi) is 5.02. The SMILES string of the molecule is COc1cc2c(cc1F)C(=Cc1ccc(S(C)(=O)=O)cc1)C(C)=C2CC=O. The van der Waals surface area contributed by atoms with Crippen LogP contribution in [0, 0.1) is 5.82 Å². The van der Waals surface area contributed by atoms with E-state index in [1.165, 1.54) is 25.3 Å². The average molecular weight is 386 g/mol. The first kappa shape index (κ1) is 19.0. The van der Waals surface area contributed by atoms with Crippen LogP contribution in [0.25, 0.3) is 17.2 Å². The van der Waals surface area contributed by atoms with Crippen molar-refractivity contribution in [1.82, 2.24) is 0 Å². The number of rotatable bonds is 5. The molecule has 6 heteroatoms. The van der Waals surface area contributed by atoms with Crippen molar-refractivity contribution in [3.8, 4) is 5.75 Å². The van der Waals surface area contributed by atoms with E-state index in [-0.39, 0.29) is 17.1 Å². The summed E-state index contributed by atoms with van der Waals surface area (Å²) in [6.07, 6.45) is 4.06. The molecule has 0 bridgehead atoms. The van der Waals surface area contributed by atoms with Crippen molar-refractivity contribution in [3.63, 3.8) is 0 Å². The first-order chi connectivity index (χ1) is 12.8. The van der Waals surface area contributed by atoms with Crippen molar-refractivity contribution in [2.24, 2.45) is 0 Å². The van der Waals surface area contributed by atoms with Gasteiger partial charge in [0.1, 0.15) is 6.29 Å². The Morgan fingerprint density at radius 3 is 2.33 bits per heavy atom.